The molecule has 0 atom stereocenters. The zero-order valence-electron chi connectivity index (χ0n) is 16.0. The van der Waals surface area contributed by atoms with E-state index in [0.717, 1.165) is 5.52 Å². The molecular weight excluding hydrogens is 350 g/mol. The number of hydrogen-bond donors (Lipinski definition) is 1. The number of fused-ring (bicyclic) bond motifs is 1. The van der Waals surface area contributed by atoms with Gasteiger partial charge in [0.05, 0.1) is 11.0 Å². The highest BCUT2D eigenvalue weighted by atomic mass is 32.2. The summed E-state index contributed by atoms with van der Waals surface area (Å²) in [6.45, 7) is 9.58. The average molecular weight is 378 g/mol. The van der Waals surface area contributed by atoms with Crippen molar-refractivity contribution in [1.82, 2.24) is 14.9 Å². The maximum Gasteiger partial charge on any atom is 0.240 e. The van der Waals surface area contributed by atoms with Crippen LogP contribution >= 0.6 is 0 Å². The monoisotopic (exact) mass is 377 g/mol. The fraction of sp³-hybridized carbons (Fsp3) is 0.579. The van der Waals surface area contributed by atoms with Gasteiger partial charge in [-0.25, -0.2) is 13.4 Å². The van der Waals surface area contributed by atoms with Crippen LogP contribution in [0.2, 0.25) is 0 Å². The molecule has 1 fully saturated rings. The summed E-state index contributed by atoms with van der Waals surface area (Å²) < 4.78 is 25.2. The van der Waals surface area contributed by atoms with Gasteiger partial charge in [-0.1, -0.05) is 39.8 Å². The van der Waals surface area contributed by atoms with Gasteiger partial charge < -0.3 is 9.88 Å². The standard InChI is InChI=1S/C19H27N3O3S/c1-18(2)15(19(18,3)4)10-20-17(23)11-22-14-9-7-6-8-13(14)21-16(22)12-26(5,24)25/h6-9,15H,10-12H2,1-5H3,(H,20,23). The molecule has 0 radical (unpaired) electrons. The van der Waals surface area contributed by atoms with Crippen molar-refractivity contribution in [2.75, 3.05) is 12.8 Å². The second-order valence-electron chi connectivity index (χ2n) is 8.47. The van der Waals surface area contributed by atoms with E-state index in [9.17, 15) is 13.2 Å². The summed E-state index contributed by atoms with van der Waals surface area (Å²) in [5, 5.41) is 3.01. The van der Waals surface area contributed by atoms with E-state index in [1.54, 1.807) is 4.57 Å². The number of nitrogens with one attached hydrogen (secondary N) is 1. The van der Waals surface area contributed by atoms with Crippen LogP contribution in [-0.4, -0.2) is 36.7 Å². The van der Waals surface area contributed by atoms with Crippen LogP contribution in [0.5, 0.6) is 0 Å². The van der Waals surface area contributed by atoms with Crippen LogP contribution in [0, 0.1) is 16.7 Å². The first-order valence-electron chi connectivity index (χ1n) is 8.82. The van der Waals surface area contributed by atoms with E-state index < -0.39 is 9.84 Å². The van der Waals surface area contributed by atoms with Crippen LogP contribution in [0.25, 0.3) is 11.0 Å². The molecule has 1 aliphatic carbocycles. The molecule has 0 aliphatic heterocycles. The molecule has 6 nitrogen and oxygen atoms in total. The molecule has 0 saturated heterocycles. The van der Waals surface area contributed by atoms with Crippen LogP contribution in [0.15, 0.2) is 24.3 Å². The smallest absolute Gasteiger partial charge is 0.240 e. The molecule has 142 valence electrons. The molecule has 26 heavy (non-hydrogen) atoms. The van der Waals surface area contributed by atoms with Gasteiger partial charge in [0.2, 0.25) is 5.91 Å². The number of carbonyl (C=O) groups excluding carboxylic acids is 1. The molecule has 2 aromatic rings. The van der Waals surface area contributed by atoms with Crippen molar-refractivity contribution < 1.29 is 13.2 Å². The molecule has 0 spiro atoms. The molecule has 1 aliphatic rings. The van der Waals surface area contributed by atoms with Crippen molar-refractivity contribution in [3.8, 4) is 0 Å². The van der Waals surface area contributed by atoms with Crippen LogP contribution in [0.3, 0.4) is 0 Å². The SMILES string of the molecule is CC1(C)C(CNC(=O)Cn2c(CS(C)(=O)=O)nc3ccccc32)C1(C)C. The Morgan fingerprint density at radius 1 is 1.19 bits per heavy atom. The predicted octanol–water partition coefficient (Wildman–Crippen LogP) is 2.38. The molecule has 1 aromatic carbocycles. The third-order valence-electron chi connectivity index (χ3n) is 6.25. The number of nitrogens with zero attached hydrogens (tertiary/aromatic N) is 2. The number of hydrogen-bond acceptors (Lipinski definition) is 4. The lowest BCUT2D eigenvalue weighted by Gasteiger charge is -2.10. The van der Waals surface area contributed by atoms with Gasteiger partial charge in [0, 0.05) is 12.8 Å². The van der Waals surface area contributed by atoms with Gasteiger partial charge in [0.1, 0.15) is 18.1 Å². The first-order chi connectivity index (χ1) is 11.9. The number of amides is 1. The number of para-hydroxylation sites is 2. The molecule has 7 heteroatoms. The third-order valence-corrected chi connectivity index (χ3v) is 7.03. The fourth-order valence-corrected chi connectivity index (χ4v) is 4.59. The van der Waals surface area contributed by atoms with E-state index in [0.29, 0.717) is 23.8 Å². The molecule has 0 unspecified atom stereocenters. The van der Waals surface area contributed by atoms with Crippen molar-refractivity contribution >= 4 is 26.8 Å². The van der Waals surface area contributed by atoms with E-state index in [4.69, 9.17) is 0 Å². The fourth-order valence-electron chi connectivity index (χ4n) is 3.91. The van der Waals surface area contributed by atoms with Gasteiger partial charge in [-0.2, -0.15) is 0 Å². The Balaban J connectivity index is 1.77. The zero-order valence-corrected chi connectivity index (χ0v) is 16.9. The maximum atomic E-state index is 12.5. The number of aromatic nitrogens is 2. The highest BCUT2D eigenvalue weighted by molar-refractivity contribution is 7.89. The van der Waals surface area contributed by atoms with Gasteiger partial charge in [0.15, 0.2) is 9.84 Å². The van der Waals surface area contributed by atoms with Crippen molar-refractivity contribution in [3.05, 3.63) is 30.1 Å². The molecular formula is C19H27N3O3S. The Morgan fingerprint density at radius 3 is 2.38 bits per heavy atom. The lowest BCUT2D eigenvalue weighted by molar-refractivity contribution is -0.121. The Morgan fingerprint density at radius 2 is 1.81 bits per heavy atom. The minimum atomic E-state index is -3.24. The second kappa shape index (κ2) is 6.08. The number of carbonyl (C=O) groups is 1. The largest absolute Gasteiger partial charge is 0.354 e. The van der Waals surface area contributed by atoms with Crippen LogP contribution in [-0.2, 0) is 26.9 Å². The maximum absolute atomic E-state index is 12.5. The minimum absolute atomic E-state index is 0.0684. The molecule has 0 bridgehead atoms. The summed E-state index contributed by atoms with van der Waals surface area (Å²) in [5.74, 6) is 0.531. The zero-order chi connectivity index (χ0) is 19.3. The summed E-state index contributed by atoms with van der Waals surface area (Å²) >= 11 is 0. The predicted molar refractivity (Wildman–Crippen MR) is 102 cm³/mol. The summed E-state index contributed by atoms with van der Waals surface area (Å²) in [6, 6.07) is 7.39. The molecule has 1 saturated carbocycles. The normalized spacial score (nSPS) is 18.8. The first kappa shape index (κ1) is 18.9. The molecule has 1 N–H and O–H groups in total. The summed E-state index contributed by atoms with van der Waals surface area (Å²) in [4.78, 5) is 16.9. The van der Waals surface area contributed by atoms with E-state index in [2.05, 4.69) is 38.0 Å². The average Bonchev–Trinajstić information content (AvgIpc) is 2.75. The quantitative estimate of drug-likeness (QED) is 0.838. The van der Waals surface area contributed by atoms with Crippen molar-refractivity contribution in [1.29, 1.82) is 0 Å². The summed E-state index contributed by atoms with van der Waals surface area (Å²) in [7, 11) is -3.24. The van der Waals surface area contributed by atoms with Crippen molar-refractivity contribution in [3.63, 3.8) is 0 Å². The molecule has 1 heterocycles. The lowest BCUT2D eigenvalue weighted by Crippen LogP contribution is -2.31. The van der Waals surface area contributed by atoms with E-state index in [-0.39, 0.29) is 29.0 Å². The molecule has 1 amide bonds. The minimum Gasteiger partial charge on any atom is -0.354 e. The van der Waals surface area contributed by atoms with E-state index in [1.165, 1.54) is 6.26 Å². The lowest BCUT2D eigenvalue weighted by atomic mass is 10.0. The molecule has 3 rings (SSSR count). The number of sulfone groups is 1. The molecule has 1 aromatic heterocycles. The van der Waals surface area contributed by atoms with Gasteiger partial charge in [-0.15, -0.1) is 0 Å². The first-order valence-corrected chi connectivity index (χ1v) is 10.9. The van der Waals surface area contributed by atoms with Gasteiger partial charge >= 0.3 is 0 Å². The van der Waals surface area contributed by atoms with Gasteiger partial charge in [0.25, 0.3) is 0 Å². The number of rotatable bonds is 6. The number of benzene rings is 1. The van der Waals surface area contributed by atoms with E-state index in [1.807, 2.05) is 24.3 Å². The Bertz CT molecular complexity index is 944. The summed E-state index contributed by atoms with van der Waals surface area (Å²) in [6.07, 6.45) is 1.17. The van der Waals surface area contributed by atoms with Crippen LogP contribution in [0.4, 0.5) is 0 Å². The Hall–Kier alpha value is -1.89. The van der Waals surface area contributed by atoms with Crippen LogP contribution < -0.4 is 5.32 Å². The van der Waals surface area contributed by atoms with Crippen molar-refractivity contribution in [2.24, 2.45) is 16.7 Å². The Labute approximate surface area is 154 Å². The Kier molecular flexibility index (Phi) is 4.42. The van der Waals surface area contributed by atoms with Crippen molar-refractivity contribution in [2.45, 2.75) is 40.0 Å². The topological polar surface area (TPSA) is 81.1 Å². The third kappa shape index (κ3) is 3.37. The number of imidazole rings is 1. The van der Waals surface area contributed by atoms with Gasteiger partial charge in [-0.05, 0) is 28.9 Å². The van der Waals surface area contributed by atoms with E-state index >= 15 is 0 Å². The van der Waals surface area contributed by atoms with Crippen LogP contribution in [0.1, 0.15) is 33.5 Å². The second-order valence-corrected chi connectivity index (χ2v) is 10.6. The highest BCUT2D eigenvalue weighted by Gasteiger charge is 2.64. The highest BCUT2D eigenvalue weighted by Crippen LogP contribution is 2.67. The van der Waals surface area contributed by atoms with Gasteiger partial charge in [-0.3, -0.25) is 4.79 Å². The summed E-state index contributed by atoms with van der Waals surface area (Å²) in [5.41, 5.74) is 1.89.